The van der Waals surface area contributed by atoms with Crippen molar-refractivity contribution in [3.05, 3.63) is 40.8 Å². The van der Waals surface area contributed by atoms with Crippen molar-refractivity contribution in [3.63, 3.8) is 0 Å². The Morgan fingerprint density at radius 1 is 1.07 bits per heavy atom. The lowest BCUT2D eigenvalue weighted by molar-refractivity contribution is 0.301. The van der Waals surface area contributed by atoms with Crippen LogP contribution >= 0.6 is 0 Å². The van der Waals surface area contributed by atoms with Crippen LogP contribution < -0.4 is 19.6 Å². The van der Waals surface area contributed by atoms with Crippen LogP contribution in [-0.4, -0.2) is 38.4 Å². The number of hydrogen-bond donors (Lipinski definition) is 2. The normalized spacial score (nSPS) is 11.5. The molecular formula is C20H20O9S. The van der Waals surface area contributed by atoms with E-state index < -0.39 is 26.2 Å². The third kappa shape index (κ3) is 3.79. The molecule has 3 aromatic rings. The molecule has 2 aromatic carbocycles. The molecule has 1 aromatic heterocycles. The highest BCUT2D eigenvalue weighted by molar-refractivity contribution is 7.86. The molecule has 10 heteroatoms. The minimum atomic E-state index is -4.62. The van der Waals surface area contributed by atoms with E-state index in [1.807, 2.05) is 0 Å². The van der Waals surface area contributed by atoms with Gasteiger partial charge in [0.1, 0.15) is 27.9 Å². The first-order valence-corrected chi connectivity index (χ1v) is 10.4. The van der Waals surface area contributed by atoms with Gasteiger partial charge in [0.05, 0.1) is 25.9 Å². The predicted octanol–water partition coefficient (Wildman–Crippen LogP) is 3.22. The summed E-state index contributed by atoms with van der Waals surface area (Å²) in [4.78, 5) is 12.6. The highest BCUT2D eigenvalue weighted by Gasteiger charge is 2.23. The van der Waals surface area contributed by atoms with Crippen LogP contribution in [0.2, 0.25) is 0 Å². The van der Waals surface area contributed by atoms with E-state index in [0.29, 0.717) is 6.61 Å². The van der Waals surface area contributed by atoms with Gasteiger partial charge in [0.2, 0.25) is 11.2 Å². The minimum Gasteiger partial charge on any atom is -0.504 e. The fourth-order valence-corrected chi connectivity index (χ4v) is 3.69. The van der Waals surface area contributed by atoms with Crippen molar-refractivity contribution in [2.75, 3.05) is 20.3 Å². The summed E-state index contributed by atoms with van der Waals surface area (Å²) >= 11 is 0. The van der Waals surface area contributed by atoms with Crippen LogP contribution in [0.15, 0.2) is 44.6 Å². The van der Waals surface area contributed by atoms with Gasteiger partial charge in [-0.15, -0.1) is 0 Å². The summed E-state index contributed by atoms with van der Waals surface area (Å²) in [5.41, 5.74) is -0.446. The standard InChI is InChI=1S/C20H20O9S/c1-4-27-13-7-6-11(8-16(13)30(23,24)25)12-10-29-14-9-15(28-5-2)20(26-3)19(22)17(14)18(12)21/h6-10,22H,4-5H2,1-3H3,(H,23,24,25). The number of aromatic hydroxyl groups is 1. The number of fused-ring (bicyclic) bond motifs is 1. The predicted molar refractivity (Wildman–Crippen MR) is 108 cm³/mol. The van der Waals surface area contributed by atoms with Gasteiger partial charge in [0.15, 0.2) is 11.5 Å². The largest absolute Gasteiger partial charge is 0.504 e. The van der Waals surface area contributed by atoms with E-state index in [1.54, 1.807) is 13.8 Å². The molecule has 0 amide bonds. The summed E-state index contributed by atoms with van der Waals surface area (Å²) in [5, 5.41) is 10.4. The van der Waals surface area contributed by atoms with E-state index in [-0.39, 0.29) is 46.0 Å². The number of methoxy groups -OCH3 is 1. The van der Waals surface area contributed by atoms with Gasteiger partial charge in [-0.25, -0.2) is 0 Å². The fraction of sp³-hybridized carbons (Fsp3) is 0.250. The second-order valence-corrected chi connectivity index (χ2v) is 7.50. The Balaban J connectivity index is 2.28. The van der Waals surface area contributed by atoms with Gasteiger partial charge < -0.3 is 23.7 Å². The highest BCUT2D eigenvalue weighted by atomic mass is 32.2. The smallest absolute Gasteiger partial charge is 0.298 e. The second-order valence-electron chi connectivity index (χ2n) is 6.11. The Bertz CT molecular complexity index is 1260. The highest BCUT2D eigenvalue weighted by Crippen LogP contribution is 2.42. The van der Waals surface area contributed by atoms with Gasteiger partial charge in [-0.1, -0.05) is 6.07 Å². The Labute approximate surface area is 172 Å². The van der Waals surface area contributed by atoms with E-state index in [1.165, 1.54) is 25.3 Å². The van der Waals surface area contributed by atoms with Crippen molar-refractivity contribution < 1.29 is 36.7 Å². The molecule has 30 heavy (non-hydrogen) atoms. The zero-order valence-corrected chi connectivity index (χ0v) is 17.3. The molecule has 0 atom stereocenters. The van der Waals surface area contributed by atoms with Crippen LogP contribution in [0.5, 0.6) is 23.0 Å². The quantitative estimate of drug-likeness (QED) is 0.536. The number of ether oxygens (including phenoxy) is 3. The lowest BCUT2D eigenvalue weighted by Crippen LogP contribution is -2.08. The van der Waals surface area contributed by atoms with Crippen LogP contribution in [0.1, 0.15) is 13.8 Å². The molecule has 0 saturated carbocycles. The van der Waals surface area contributed by atoms with Crippen LogP contribution in [0.3, 0.4) is 0 Å². The van der Waals surface area contributed by atoms with Gasteiger partial charge in [-0.3, -0.25) is 9.35 Å². The van der Waals surface area contributed by atoms with Gasteiger partial charge in [-0.2, -0.15) is 8.42 Å². The van der Waals surface area contributed by atoms with Crippen molar-refractivity contribution in [1.82, 2.24) is 0 Å². The molecule has 0 aliphatic carbocycles. The van der Waals surface area contributed by atoms with Crippen LogP contribution in [0, 0.1) is 0 Å². The Hall–Kier alpha value is -3.24. The van der Waals surface area contributed by atoms with Crippen molar-refractivity contribution in [3.8, 4) is 34.1 Å². The molecule has 9 nitrogen and oxygen atoms in total. The van der Waals surface area contributed by atoms with Crippen LogP contribution in [0.25, 0.3) is 22.1 Å². The number of phenols is 1. The maximum Gasteiger partial charge on any atom is 0.298 e. The fourth-order valence-electron chi connectivity index (χ4n) is 3.04. The van der Waals surface area contributed by atoms with E-state index in [0.717, 1.165) is 12.3 Å². The molecule has 0 bridgehead atoms. The average Bonchev–Trinajstić information content (AvgIpc) is 2.68. The second kappa shape index (κ2) is 8.25. The number of phenolic OH excluding ortho intramolecular Hbond substituents is 1. The number of benzene rings is 2. The van der Waals surface area contributed by atoms with E-state index in [4.69, 9.17) is 18.6 Å². The van der Waals surface area contributed by atoms with E-state index in [2.05, 4.69) is 0 Å². The van der Waals surface area contributed by atoms with E-state index >= 15 is 0 Å². The summed E-state index contributed by atoms with van der Waals surface area (Å²) in [5.74, 6) is -0.343. The van der Waals surface area contributed by atoms with Crippen molar-refractivity contribution in [2.45, 2.75) is 18.7 Å². The molecule has 0 fully saturated rings. The minimum absolute atomic E-state index is 0.0286. The molecule has 2 N–H and O–H groups in total. The molecule has 160 valence electrons. The Kier molecular flexibility index (Phi) is 5.90. The maximum atomic E-state index is 13.1. The van der Waals surface area contributed by atoms with Gasteiger partial charge >= 0.3 is 0 Å². The summed E-state index contributed by atoms with van der Waals surface area (Å²) in [6.07, 6.45) is 1.13. The molecule has 1 heterocycles. The first-order chi connectivity index (χ1) is 14.2. The summed E-state index contributed by atoms with van der Waals surface area (Å²) in [7, 11) is -3.30. The molecule has 0 saturated heterocycles. The van der Waals surface area contributed by atoms with Crippen LogP contribution in [-0.2, 0) is 10.1 Å². The Morgan fingerprint density at radius 3 is 2.33 bits per heavy atom. The van der Waals surface area contributed by atoms with Gasteiger partial charge in [0, 0.05) is 6.07 Å². The zero-order valence-electron chi connectivity index (χ0n) is 16.5. The first kappa shape index (κ1) is 21.5. The molecule has 0 spiro atoms. The average molecular weight is 436 g/mol. The summed E-state index contributed by atoms with van der Waals surface area (Å²) < 4.78 is 54.3. The third-order valence-corrected chi connectivity index (χ3v) is 5.17. The van der Waals surface area contributed by atoms with Gasteiger partial charge in [-0.05, 0) is 31.5 Å². The molecule has 0 aliphatic rings. The van der Waals surface area contributed by atoms with Crippen LogP contribution in [0.4, 0.5) is 0 Å². The lowest BCUT2D eigenvalue weighted by atomic mass is 10.0. The number of rotatable bonds is 7. The van der Waals surface area contributed by atoms with Crippen molar-refractivity contribution in [1.29, 1.82) is 0 Å². The van der Waals surface area contributed by atoms with Crippen molar-refractivity contribution >= 4 is 21.1 Å². The summed E-state index contributed by atoms with van der Waals surface area (Å²) in [6, 6.07) is 5.29. The maximum absolute atomic E-state index is 13.1. The SMILES string of the molecule is CCOc1ccc(-c2coc3cc(OCC)c(OC)c(O)c3c2=O)cc1S(=O)(=O)O. The molecular weight excluding hydrogens is 416 g/mol. The third-order valence-electron chi connectivity index (χ3n) is 4.30. The first-order valence-electron chi connectivity index (χ1n) is 8.95. The topological polar surface area (TPSA) is 132 Å². The number of hydrogen-bond acceptors (Lipinski definition) is 8. The summed E-state index contributed by atoms with van der Waals surface area (Å²) in [6.45, 7) is 3.88. The monoisotopic (exact) mass is 436 g/mol. The molecule has 3 rings (SSSR count). The van der Waals surface area contributed by atoms with E-state index in [9.17, 15) is 22.9 Å². The molecule has 0 unspecified atom stereocenters. The molecule has 0 aliphatic heterocycles. The Morgan fingerprint density at radius 2 is 1.73 bits per heavy atom. The lowest BCUT2D eigenvalue weighted by Gasteiger charge is -2.13. The van der Waals surface area contributed by atoms with Gasteiger partial charge in [0.25, 0.3) is 10.1 Å². The molecule has 0 radical (unpaired) electrons. The zero-order chi connectivity index (χ0) is 22.1. The van der Waals surface area contributed by atoms with Crippen molar-refractivity contribution in [2.24, 2.45) is 0 Å².